The van der Waals surface area contributed by atoms with E-state index in [1.165, 1.54) is 30.4 Å². The number of nitrogens with one attached hydrogen (secondary N) is 1. The van der Waals surface area contributed by atoms with Crippen molar-refractivity contribution < 1.29 is 14.3 Å². The van der Waals surface area contributed by atoms with E-state index in [4.69, 9.17) is 9.47 Å². The first-order valence-electron chi connectivity index (χ1n) is 15.1. The minimum absolute atomic E-state index is 0.168. The van der Waals surface area contributed by atoms with Gasteiger partial charge >= 0.3 is 0 Å². The van der Waals surface area contributed by atoms with Gasteiger partial charge in [0, 0.05) is 51.4 Å². The van der Waals surface area contributed by atoms with Crippen LogP contribution < -0.4 is 10.1 Å². The summed E-state index contributed by atoms with van der Waals surface area (Å²) in [6, 6.07) is 19.8. The molecule has 39 heavy (non-hydrogen) atoms. The average molecular weight is 532 g/mol. The summed E-state index contributed by atoms with van der Waals surface area (Å²) in [5.41, 5.74) is 2.48. The molecule has 1 unspecified atom stereocenters. The summed E-state index contributed by atoms with van der Waals surface area (Å²) in [6.07, 6.45) is 6.60. The molecule has 0 bridgehead atoms. The Labute approximate surface area is 234 Å². The van der Waals surface area contributed by atoms with Crippen molar-refractivity contribution in [1.29, 1.82) is 0 Å². The summed E-state index contributed by atoms with van der Waals surface area (Å²) in [5, 5.41) is 3.75. The van der Waals surface area contributed by atoms with Gasteiger partial charge in [-0.15, -0.1) is 0 Å². The number of piperidine rings is 1. The van der Waals surface area contributed by atoms with Crippen LogP contribution in [0.15, 0.2) is 54.6 Å². The van der Waals surface area contributed by atoms with Crippen LogP contribution in [0, 0.1) is 17.3 Å². The average Bonchev–Trinajstić information content (AvgIpc) is 3.59. The molecule has 1 spiro atoms. The highest BCUT2D eigenvalue weighted by molar-refractivity contribution is 5.85. The molecule has 4 heterocycles. The fourth-order valence-corrected chi connectivity index (χ4v) is 7.83. The normalized spacial score (nSPS) is 26.8. The van der Waals surface area contributed by atoms with Gasteiger partial charge in [-0.3, -0.25) is 9.69 Å². The van der Waals surface area contributed by atoms with Crippen LogP contribution in [0.5, 0.6) is 5.75 Å². The van der Waals surface area contributed by atoms with E-state index >= 15 is 0 Å². The van der Waals surface area contributed by atoms with Crippen LogP contribution in [-0.2, 0) is 16.1 Å². The van der Waals surface area contributed by atoms with Gasteiger partial charge in [0.25, 0.3) is 0 Å². The zero-order chi connectivity index (χ0) is 26.7. The van der Waals surface area contributed by atoms with Crippen molar-refractivity contribution in [2.75, 3.05) is 53.0 Å². The van der Waals surface area contributed by atoms with E-state index in [9.17, 15) is 4.79 Å². The molecule has 0 aromatic heterocycles. The molecule has 2 aromatic rings. The third-order valence-corrected chi connectivity index (χ3v) is 10.3. The lowest BCUT2D eigenvalue weighted by Crippen LogP contribution is -2.51. The monoisotopic (exact) mass is 531 g/mol. The predicted molar refractivity (Wildman–Crippen MR) is 154 cm³/mol. The van der Waals surface area contributed by atoms with Crippen molar-refractivity contribution in [3.8, 4) is 5.75 Å². The Bertz CT molecular complexity index is 1080. The number of carbonyl (C=O) groups excluding carboxylic acids is 1. The van der Waals surface area contributed by atoms with Crippen LogP contribution in [0.4, 0.5) is 0 Å². The predicted octanol–water partition coefficient (Wildman–Crippen LogP) is 4.70. The molecule has 4 saturated heterocycles. The Balaban J connectivity index is 1.14. The number of methoxy groups -OCH3 is 1. The summed E-state index contributed by atoms with van der Waals surface area (Å²) in [6.45, 7) is 7.61. The van der Waals surface area contributed by atoms with Crippen molar-refractivity contribution >= 4 is 5.91 Å². The molecule has 1 N–H and O–H groups in total. The first-order valence-corrected chi connectivity index (χ1v) is 15.1. The number of ether oxygens (including phenoxy) is 2. The lowest BCUT2D eigenvalue weighted by molar-refractivity contribution is -0.139. The molecular weight excluding hydrogens is 486 g/mol. The van der Waals surface area contributed by atoms with Gasteiger partial charge in [0.2, 0.25) is 5.91 Å². The first-order chi connectivity index (χ1) is 19.1. The van der Waals surface area contributed by atoms with E-state index in [-0.39, 0.29) is 5.41 Å². The second kappa shape index (κ2) is 12.0. The molecule has 4 aliphatic heterocycles. The Morgan fingerprint density at radius 1 is 0.974 bits per heavy atom. The highest BCUT2D eigenvalue weighted by Crippen LogP contribution is 2.45. The zero-order valence-electron chi connectivity index (χ0n) is 23.5. The number of likely N-dealkylation sites (tertiary alicyclic amines) is 2. The second-order valence-corrected chi connectivity index (χ2v) is 12.3. The van der Waals surface area contributed by atoms with E-state index in [2.05, 4.69) is 57.6 Å². The molecule has 0 saturated carbocycles. The summed E-state index contributed by atoms with van der Waals surface area (Å²) in [4.78, 5) is 18.6. The van der Waals surface area contributed by atoms with Crippen molar-refractivity contribution in [2.24, 2.45) is 17.3 Å². The lowest BCUT2D eigenvalue weighted by Gasteiger charge is -2.45. The van der Waals surface area contributed by atoms with E-state index in [1.807, 2.05) is 12.1 Å². The van der Waals surface area contributed by atoms with E-state index < -0.39 is 0 Å². The number of nitrogens with zero attached hydrogens (tertiary/aromatic N) is 2. The molecule has 210 valence electrons. The quantitative estimate of drug-likeness (QED) is 0.535. The Morgan fingerprint density at radius 3 is 2.41 bits per heavy atom. The van der Waals surface area contributed by atoms with Crippen LogP contribution in [0.1, 0.15) is 55.6 Å². The zero-order valence-corrected chi connectivity index (χ0v) is 23.5. The van der Waals surface area contributed by atoms with Gasteiger partial charge in [-0.05, 0) is 86.7 Å². The van der Waals surface area contributed by atoms with Crippen molar-refractivity contribution in [1.82, 2.24) is 15.1 Å². The van der Waals surface area contributed by atoms with E-state index in [1.54, 1.807) is 7.11 Å². The Kier molecular flexibility index (Phi) is 8.24. The number of benzene rings is 2. The molecule has 1 amide bonds. The third-order valence-electron chi connectivity index (χ3n) is 10.3. The van der Waals surface area contributed by atoms with Crippen molar-refractivity contribution in [2.45, 2.75) is 57.0 Å². The van der Waals surface area contributed by atoms with Gasteiger partial charge in [-0.2, -0.15) is 0 Å². The standard InChI is InChI=1S/C33H45N3O3/c1-38-28-9-7-26(8-10-28)24-36-18-15-33(32(36)37)13-16-35(17-14-33)31(21-25-11-19-39-20-12-25)30-23-34-22-29(30)27-5-3-2-4-6-27/h2-10,25,29-31,34H,11-24H2,1H3/t29-,30-,31?/m1/s1. The smallest absolute Gasteiger partial charge is 0.229 e. The summed E-state index contributed by atoms with van der Waals surface area (Å²) in [7, 11) is 1.69. The fourth-order valence-electron chi connectivity index (χ4n) is 7.83. The second-order valence-electron chi connectivity index (χ2n) is 12.3. The van der Waals surface area contributed by atoms with Crippen LogP contribution in [0.2, 0.25) is 0 Å². The number of amides is 1. The summed E-state index contributed by atoms with van der Waals surface area (Å²) in [5.74, 6) is 3.14. The molecule has 3 atom stereocenters. The van der Waals surface area contributed by atoms with E-state index in [0.29, 0.717) is 30.3 Å². The molecule has 0 aliphatic carbocycles. The Hall–Kier alpha value is -2.41. The van der Waals surface area contributed by atoms with Crippen molar-refractivity contribution in [3.63, 3.8) is 0 Å². The van der Waals surface area contributed by atoms with Crippen molar-refractivity contribution in [3.05, 3.63) is 65.7 Å². The number of hydrogen-bond donors (Lipinski definition) is 1. The number of carbonyl (C=O) groups is 1. The van der Waals surface area contributed by atoms with Crippen LogP contribution >= 0.6 is 0 Å². The maximum atomic E-state index is 13.8. The van der Waals surface area contributed by atoms with Gasteiger partial charge in [0.05, 0.1) is 12.5 Å². The molecule has 4 aliphatic rings. The number of rotatable bonds is 8. The maximum Gasteiger partial charge on any atom is 0.229 e. The third kappa shape index (κ3) is 5.75. The van der Waals surface area contributed by atoms with Gasteiger partial charge in [-0.25, -0.2) is 0 Å². The largest absolute Gasteiger partial charge is 0.497 e. The van der Waals surface area contributed by atoms with E-state index in [0.717, 1.165) is 76.9 Å². The highest BCUT2D eigenvalue weighted by Gasteiger charge is 2.49. The van der Waals surface area contributed by atoms with Crippen LogP contribution in [0.3, 0.4) is 0 Å². The van der Waals surface area contributed by atoms with Crippen LogP contribution in [0.25, 0.3) is 0 Å². The Morgan fingerprint density at radius 2 is 1.69 bits per heavy atom. The van der Waals surface area contributed by atoms with Gasteiger partial charge < -0.3 is 19.7 Å². The maximum absolute atomic E-state index is 13.8. The molecule has 6 nitrogen and oxygen atoms in total. The van der Waals surface area contributed by atoms with Gasteiger partial charge in [-0.1, -0.05) is 42.5 Å². The first kappa shape index (κ1) is 26.8. The molecule has 0 radical (unpaired) electrons. The highest BCUT2D eigenvalue weighted by atomic mass is 16.5. The summed E-state index contributed by atoms with van der Waals surface area (Å²) < 4.78 is 11.0. The SMILES string of the molecule is COc1ccc(CN2CCC3(CCN(C(CC4CCOCC4)[C@@H]4CNC[C@@H]4c4ccccc4)CC3)C2=O)cc1. The number of hydrogen-bond acceptors (Lipinski definition) is 5. The fraction of sp³-hybridized carbons (Fsp3) is 0.606. The molecular formula is C33H45N3O3. The lowest BCUT2D eigenvalue weighted by atomic mass is 9.74. The molecule has 2 aromatic carbocycles. The summed E-state index contributed by atoms with van der Waals surface area (Å²) >= 11 is 0. The minimum Gasteiger partial charge on any atom is -0.497 e. The van der Waals surface area contributed by atoms with Gasteiger partial charge in [0.1, 0.15) is 5.75 Å². The van der Waals surface area contributed by atoms with Crippen LogP contribution in [-0.4, -0.2) is 74.8 Å². The topological polar surface area (TPSA) is 54.0 Å². The van der Waals surface area contributed by atoms with Gasteiger partial charge in [0.15, 0.2) is 0 Å². The molecule has 6 heteroatoms. The molecule has 6 rings (SSSR count). The molecule has 4 fully saturated rings. The minimum atomic E-state index is -0.168.